The van der Waals surface area contributed by atoms with Crippen molar-refractivity contribution in [2.75, 3.05) is 17.2 Å². The van der Waals surface area contributed by atoms with Gasteiger partial charge in [0.2, 0.25) is 0 Å². The third-order valence-electron chi connectivity index (χ3n) is 3.40. The zero-order chi connectivity index (χ0) is 13.7. The fourth-order valence-electron chi connectivity index (χ4n) is 2.04. The van der Waals surface area contributed by atoms with Crippen LogP contribution in [0, 0.1) is 0 Å². The number of hydrogen-bond donors (Lipinski definition) is 2. The van der Waals surface area contributed by atoms with Gasteiger partial charge in [0.05, 0.1) is 0 Å². The lowest BCUT2D eigenvalue weighted by Crippen LogP contribution is -2.26. The van der Waals surface area contributed by atoms with Crippen LogP contribution in [0.5, 0.6) is 0 Å². The number of nitrogens with one attached hydrogen (secondary N) is 2. The Morgan fingerprint density at radius 2 is 2.05 bits per heavy atom. The van der Waals surface area contributed by atoms with Gasteiger partial charge in [-0.3, -0.25) is 4.79 Å². The van der Waals surface area contributed by atoms with E-state index >= 15 is 0 Å². The van der Waals surface area contributed by atoms with Crippen LogP contribution >= 0.6 is 0 Å². The summed E-state index contributed by atoms with van der Waals surface area (Å²) in [6.45, 7) is 4.98. The summed E-state index contributed by atoms with van der Waals surface area (Å²) in [4.78, 5) is 11.9. The van der Waals surface area contributed by atoms with Crippen molar-refractivity contribution >= 4 is 17.3 Å². The molecule has 0 spiro atoms. The second-order valence-electron chi connectivity index (χ2n) is 5.02. The minimum absolute atomic E-state index is 0.0415. The van der Waals surface area contributed by atoms with Crippen molar-refractivity contribution in [3.8, 4) is 0 Å². The molecule has 2 rings (SSSR count). The number of ether oxygens (including phenoxy) is 1. The van der Waals surface area contributed by atoms with Gasteiger partial charge < -0.3 is 15.4 Å². The highest BCUT2D eigenvalue weighted by atomic mass is 16.5. The first-order valence-electron chi connectivity index (χ1n) is 6.98. The molecule has 1 aliphatic heterocycles. The Morgan fingerprint density at radius 3 is 2.63 bits per heavy atom. The molecule has 0 aliphatic carbocycles. The normalized spacial score (nSPS) is 20.0. The zero-order valence-electron chi connectivity index (χ0n) is 11.6. The number of benzene rings is 1. The van der Waals surface area contributed by atoms with Crippen LogP contribution in [0.1, 0.15) is 33.1 Å². The number of amides is 1. The molecule has 1 aliphatic rings. The van der Waals surface area contributed by atoms with E-state index < -0.39 is 0 Å². The van der Waals surface area contributed by atoms with Crippen molar-refractivity contribution in [3.63, 3.8) is 0 Å². The maximum absolute atomic E-state index is 11.9. The van der Waals surface area contributed by atoms with E-state index in [-0.39, 0.29) is 12.0 Å². The zero-order valence-corrected chi connectivity index (χ0v) is 11.6. The Kier molecular flexibility index (Phi) is 4.80. The molecule has 1 amide bonds. The largest absolute Gasteiger partial charge is 0.383 e. The monoisotopic (exact) mass is 262 g/mol. The van der Waals surface area contributed by atoms with Gasteiger partial charge in [0.15, 0.2) is 0 Å². The number of hydrogen-bond acceptors (Lipinski definition) is 3. The van der Waals surface area contributed by atoms with Crippen molar-refractivity contribution in [1.82, 2.24) is 0 Å². The Morgan fingerprint density at radius 1 is 1.37 bits per heavy atom. The van der Waals surface area contributed by atoms with Crippen LogP contribution in [0.2, 0.25) is 0 Å². The van der Waals surface area contributed by atoms with Crippen molar-refractivity contribution < 1.29 is 9.53 Å². The van der Waals surface area contributed by atoms with Crippen molar-refractivity contribution in [2.24, 2.45) is 0 Å². The Labute approximate surface area is 114 Å². The molecule has 1 heterocycles. The smallest absolute Gasteiger partial charge is 0.253 e. The second kappa shape index (κ2) is 6.57. The summed E-state index contributed by atoms with van der Waals surface area (Å²) < 4.78 is 5.35. The minimum atomic E-state index is -0.280. The highest BCUT2D eigenvalue weighted by Crippen LogP contribution is 2.18. The molecule has 0 saturated carbocycles. The first-order chi connectivity index (χ1) is 9.19. The van der Waals surface area contributed by atoms with Gasteiger partial charge in [-0.2, -0.15) is 0 Å². The molecule has 0 bridgehead atoms. The van der Waals surface area contributed by atoms with Gasteiger partial charge in [0.25, 0.3) is 5.91 Å². The van der Waals surface area contributed by atoms with E-state index in [9.17, 15) is 4.79 Å². The van der Waals surface area contributed by atoms with Gasteiger partial charge in [0.1, 0.15) is 6.10 Å². The predicted octanol–water partition coefficient (Wildman–Crippen LogP) is 3.01. The molecular formula is C15H22N2O2. The lowest BCUT2D eigenvalue weighted by molar-refractivity contribution is -0.124. The Balaban J connectivity index is 1.89. The summed E-state index contributed by atoms with van der Waals surface area (Å²) >= 11 is 0. The van der Waals surface area contributed by atoms with Crippen LogP contribution in [0.3, 0.4) is 0 Å². The maximum atomic E-state index is 11.9. The number of rotatable bonds is 5. The lowest BCUT2D eigenvalue weighted by Gasteiger charge is -2.14. The highest BCUT2D eigenvalue weighted by Gasteiger charge is 2.23. The second-order valence-corrected chi connectivity index (χ2v) is 5.02. The third kappa shape index (κ3) is 3.96. The molecule has 1 saturated heterocycles. The summed E-state index contributed by atoms with van der Waals surface area (Å²) in [6, 6.07) is 8.25. The highest BCUT2D eigenvalue weighted by molar-refractivity contribution is 5.94. The molecule has 19 heavy (non-hydrogen) atoms. The molecule has 0 aromatic heterocycles. The van der Waals surface area contributed by atoms with Gasteiger partial charge in [-0.1, -0.05) is 6.92 Å². The summed E-state index contributed by atoms with van der Waals surface area (Å²) in [6.07, 6.45) is 2.59. The van der Waals surface area contributed by atoms with E-state index in [1.807, 2.05) is 24.3 Å². The first kappa shape index (κ1) is 13.9. The molecule has 104 valence electrons. The first-order valence-corrected chi connectivity index (χ1v) is 6.98. The van der Waals surface area contributed by atoms with Crippen LogP contribution in [0.25, 0.3) is 0 Å². The van der Waals surface area contributed by atoms with E-state index in [1.54, 1.807) is 0 Å². The molecule has 2 N–H and O–H groups in total. The molecule has 1 fully saturated rings. The van der Waals surface area contributed by atoms with E-state index in [0.29, 0.717) is 12.6 Å². The van der Waals surface area contributed by atoms with Gasteiger partial charge >= 0.3 is 0 Å². The molecular weight excluding hydrogens is 240 g/mol. The van der Waals surface area contributed by atoms with Gasteiger partial charge in [0, 0.05) is 24.0 Å². The Hall–Kier alpha value is -1.55. The van der Waals surface area contributed by atoms with Crippen LogP contribution < -0.4 is 10.6 Å². The van der Waals surface area contributed by atoms with E-state index in [1.165, 1.54) is 0 Å². The van der Waals surface area contributed by atoms with Crippen molar-refractivity contribution in [3.05, 3.63) is 24.3 Å². The van der Waals surface area contributed by atoms with Crippen molar-refractivity contribution in [1.29, 1.82) is 0 Å². The number of carbonyl (C=O) groups excluding carboxylic acids is 1. The molecule has 1 aromatic rings. The fraction of sp³-hybridized carbons (Fsp3) is 0.533. The quantitative estimate of drug-likeness (QED) is 0.857. The predicted molar refractivity (Wildman–Crippen MR) is 77.4 cm³/mol. The maximum Gasteiger partial charge on any atom is 0.253 e. The summed E-state index contributed by atoms with van der Waals surface area (Å²) in [7, 11) is 0. The SMILES string of the molecule is CCC(C)Nc1ccc(NC(=O)C2CCCO2)cc1. The lowest BCUT2D eigenvalue weighted by atomic mass is 10.2. The fourth-order valence-corrected chi connectivity index (χ4v) is 2.04. The van der Waals surface area contributed by atoms with Crippen LogP contribution in [-0.2, 0) is 9.53 Å². The van der Waals surface area contributed by atoms with Gasteiger partial charge in [-0.15, -0.1) is 0 Å². The summed E-state index contributed by atoms with van der Waals surface area (Å²) in [5.41, 5.74) is 1.89. The minimum Gasteiger partial charge on any atom is -0.383 e. The summed E-state index contributed by atoms with van der Waals surface area (Å²) in [5, 5.41) is 6.28. The molecule has 1 aromatic carbocycles. The third-order valence-corrected chi connectivity index (χ3v) is 3.40. The average Bonchev–Trinajstić information content (AvgIpc) is 2.95. The number of carbonyl (C=O) groups is 1. The Bertz CT molecular complexity index is 411. The summed E-state index contributed by atoms with van der Waals surface area (Å²) in [5.74, 6) is -0.0415. The van der Waals surface area contributed by atoms with Crippen LogP contribution in [0.4, 0.5) is 11.4 Å². The number of anilines is 2. The topological polar surface area (TPSA) is 50.4 Å². The molecule has 2 atom stereocenters. The van der Waals surface area contributed by atoms with Crippen LogP contribution in [-0.4, -0.2) is 24.7 Å². The average molecular weight is 262 g/mol. The van der Waals surface area contributed by atoms with E-state index in [4.69, 9.17) is 4.74 Å². The van der Waals surface area contributed by atoms with Gasteiger partial charge in [-0.05, 0) is 50.5 Å². The molecule has 2 unspecified atom stereocenters. The van der Waals surface area contributed by atoms with E-state index in [0.717, 1.165) is 30.6 Å². The van der Waals surface area contributed by atoms with E-state index in [2.05, 4.69) is 24.5 Å². The molecule has 0 radical (unpaired) electrons. The standard InChI is InChI=1S/C15H22N2O2/c1-3-11(2)16-12-6-8-13(9-7-12)17-15(18)14-5-4-10-19-14/h6-9,11,14,16H,3-5,10H2,1-2H3,(H,17,18). The molecule has 4 heteroatoms. The van der Waals surface area contributed by atoms with Gasteiger partial charge in [-0.25, -0.2) is 0 Å². The van der Waals surface area contributed by atoms with Crippen molar-refractivity contribution in [2.45, 2.75) is 45.3 Å². The molecule has 4 nitrogen and oxygen atoms in total. The van der Waals surface area contributed by atoms with Crippen LogP contribution in [0.15, 0.2) is 24.3 Å².